The molecule has 7 nitrogen and oxygen atoms in total. The van der Waals surface area contributed by atoms with E-state index >= 15 is 0 Å². The van der Waals surface area contributed by atoms with E-state index < -0.39 is 23.6 Å². The van der Waals surface area contributed by atoms with E-state index in [1.165, 1.54) is 24.3 Å². The third kappa shape index (κ3) is 4.78. The fourth-order valence-corrected chi connectivity index (χ4v) is 3.59. The van der Waals surface area contributed by atoms with Gasteiger partial charge in [-0.3, -0.25) is 9.80 Å². The van der Waals surface area contributed by atoms with Crippen molar-refractivity contribution in [2.24, 2.45) is 11.6 Å². The van der Waals surface area contributed by atoms with E-state index in [1.54, 1.807) is 19.1 Å². The number of aldehydes is 1. The Morgan fingerprint density at radius 2 is 2.07 bits per heavy atom. The van der Waals surface area contributed by atoms with Gasteiger partial charge in [0.15, 0.2) is 0 Å². The number of halogens is 2. The van der Waals surface area contributed by atoms with Gasteiger partial charge in [0.2, 0.25) is 0 Å². The molecule has 0 saturated heterocycles. The summed E-state index contributed by atoms with van der Waals surface area (Å²) in [5.74, 6) is 3.93. The zero-order valence-electron chi connectivity index (χ0n) is 15.9. The zero-order valence-corrected chi connectivity index (χ0v) is 16.7. The first-order valence-electron chi connectivity index (χ1n) is 8.86. The fourth-order valence-electron chi connectivity index (χ4n) is 2.92. The monoisotopic (exact) mass is 431 g/mol. The van der Waals surface area contributed by atoms with E-state index in [9.17, 15) is 18.4 Å². The second-order valence-electron chi connectivity index (χ2n) is 6.62. The van der Waals surface area contributed by atoms with E-state index in [1.807, 2.05) is 0 Å². The molecule has 0 fully saturated rings. The smallest absolute Gasteiger partial charge is 0.250 e. The molecule has 1 amide bonds. The van der Waals surface area contributed by atoms with Gasteiger partial charge in [-0.25, -0.2) is 14.6 Å². The van der Waals surface area contributed by atoms with Gasteiger partial charge >= 0.3 is 0 Å². The van der Waals surface area contributed by atoms with E-state index in [0.717, 1.165) is 28.3 Å². The number of aromatic nitrogens is 1. The van der Waals surface area contributed by atoms with E-state index in [-0.39, 0.29) is 23.4 Å². The average molecular weight is 431 g/mol. The minimum Gasteiger partial charge on any atom is -0.366 e. The normalized spacial score (nSPS) is 11.7. The fraction of sp³-hybridized carbons (Fsp3) is 0.150. The zero-order chi connectivity index (χ0) is 21.8. The summed E-state index contributed by atoms with van der Waals surface area (Å²) >= 11 is 1.15. The van der Waals surface area contributed by atoms with Gasteiger partial charge in [-0.15, -0.1) is 0 Å². The number of hydrogen-bond donors (Lipinski definition) is 3. The van der Waals surface area contributed by atoms with Crippen LogP contribution in [0.25, 0.3) is 0 Å². The molecule has 1 atom stereocenters. The quantitative estimate of drug-likeness (QED) is 0.287. The van der Waals surface area contributed by atoms with Crippen LogP contribution in [0.15, 0.2) is 42.5 Å². The SMILES string of the molecule is Cc1cc(Nc2cc(N(N)[C@@H](C=O)Cc3cccc(F)c3)c(F)cc2C(N)=O)sn1. The van der Waals surface area contributed by atoms with Crippen LogP contribution in [0.2, 0.25) is 0 Å². The Morgan fingerprint density at radius 3 is 2.67 bits per heavy atom. The minimum absolute atomic E-state index is 0.0611. The molecule has 1 aromatic heterocycles. The Balaban J connectivity index is 1.95. The molecule has 5 N–H and O–H groups in total. The van der Waals surface area contributed by atoms with Crippen LogP contribution in [0.5, 0.6) is 0 Å². The number of hydrogen-bond acceptors (Lipinski definition) is 7. The molecular weight excluding hydrogens is 412 g/mol. The molecule has 10 heteroatoms. The van der Waals surface area contributed by atoms with E-state index in [0.29, 0.717) is 16.9 Å². The van der Waals surface area contributed by atoms with Crippen molar-refractivity contribution in [3.8, 4) is 0 Å². The van der Waals surface area contributed by atoms with Gasteiger partial charge in [0.25, 0.3) is 5.91 Å². The number of aryl methyl sites for hydroxylation is 1. The molecule has 0 radical (unpaired) electrons. The predicted octanol–water partition coefficient (Wildman–Crippen LogP) is 3.06. The molecule has 0 unspecified atom stereocenters. The molecule has 0 aliphatic rings. The van der Waals surface area contributed by atoms with Gasteiger partial charge < -0.3 is 15.8 Å². The minimum atomic E-state index is -0.973. The second-order valence-corrected chi connectivity index (χ2v) is 7.42. The van der Waals surface area contributed by atoms with Crippen LogP contribution in [0.3, 0.4) is 0 Å². The molecular formula is C20H19F2N5O2S. The summed E-state index contributed by atoms with van der Waals surface area (Å²) in [4.78, 5) is 23.4. The highest BCUT2D eigenvalue weighted by Crippen LogP contribution is 2.31. The van der Waals surface area contributed by atoms with Crippen molar-refractivity contribution in [2.75, 3.05) is 10.3 Å². The number of benzene rings is 2. The molecule has 2 aromatic carbocycles. The van der Waals surface area contributed by atoms with Crippen molar-refractivity contribution < 1.29 is 18.4 Å². The van der Waals surface area contributed by atoms with Gasteiger partial charge in [0, 0.05) is 6.42 Å². The maximum absolute atomic E-state index is 14.7. The lowest BCUT2D eigenvalue weighted by atomic mass is 10.0. The molecule has 30 heavy (non-hydrogen) atoms. The number of rotatable bonds is 8. The highest BCUT2D eigenvalue weighted by atomic mass is 32.1. The summed E-state index contributed by atoms with van der Waals surface area (Å²) < 4.78 is 32.3. The second kappa shape index (κ2) is 8.97. The number of nitrogens with two attached hydrogens (primary N) is 2. The van der Waals surface area contributed by atoms with Crippen molar-refractivity contribution in [1.29, 1.82) is 0 Å². The summed E-state index contributed by atoms with van der Waals surface area (Å²) in [6.45, 7) is 1.80. The maximum Gasteiger partial charge on any atom is 0.250 e. The molecule has 0 aliphatic carbocycles. The van der Waals surface area contributed by atoms with Crippen LogP contribution in [-0.4, -0.2) is 22.6 Å². The van der Waals surface area contributed by atoms with E-state index in [4.69, 9.17) is 11.6 Å². The van der Waals surface area contributed by atoms with Crippen LogP contribution < -0.4 is 21.9 Å². The van der Waals surface area contributed by atoms with Gasteiger partial charge in [-0.1, -0.05) is 12.1 Å². The third-order valence-electron chi connectivity index (χ3n) is 4.36. The lowest BCUT2D eigenvalue weighted by Crippen LogP contribution is -2.44. The molecule has 0 bridgehead atoms. The number of nitrogens with one attached hydrogen (secondary N) is 1. The Labute approximate surface area is 175 Å². The van der Waals surface area contributed by atoms with Gasteiger partial charge in [0.05, 0.1) is 22.6 Å². The van der Waals surface area contributed by atoms with Crippen LogP contribution in [-0.2, 0) is 11.2 Å². The molecule has 156 valence electrons. The third-order valence-corrected chi connectivity index (χ3v) is 5.16. The Hall–Kier alpha value is -3.37. The molecule has 0 saturated carbocycles. The predicted molar refractivity (Wildman–Crippen MR) is 112 cm³/mol. The molecule has 3 aromatic rings. The number of nitrogens with zero attached hydrogens (tertiary/aromatic N) is 2. The summed E-state index contributed by atoms with van der Waals surface area (Å²) in [7, 11) is 0. The summed E-state index contributed by atoms with van der Waals surface area (Å²) in [5, 5.41) is 4.54. The highest BCUT2D eigenvalue weighted by molar-refractivity contribution is 7.10. The maximum atomic E-state index is 14.7. The number of carbonyl (C=O) groups excluding carboxylic acids is 2. The van der Waals surface area contributed by atoms with Crippen molar-refractivity contribution in [3.63, 3.8) is 0 Å². The van der Waals surface area contributed by atoms with E-state index in [2.05, 4.69) is 9.69 Å². The molecule has 0 spiro atoms. The average Bonchev–Trinajstić information content (AvgIpc) is 3.11. The van der Waals surface area contributed by atoms with Crippen LogP contribution in [0.4, 0.5) is 25.2 Å². The number of hydrazine groups is 1. The van der Waals surface area contributed by atoms with Crippen molar-refractivity contribution >= 4 is 40.1 Å². The first-order valence-corrected chi connectivity index (χ1v) is 9.63. The summed E-state index contributed by atoms with van der Waals surface area (Å²) in [6.07, 6.45) is 0.609. The van der Waals surface area contributed by atoms with Gasteiger partial charge in [-0.05, 0) is 54.4 Å². The standard InChI is InChI=1S/C20H19F2N5O2S/c1-11-5-19(30-26-11)25-17-9-18(16(22)8-15(17)20(23)29)27(24)14(10-28)7-12-3-2-4-13(21)6-12/h2-6,8-10,14,25H,7,24H2,1H3,(H2,23,29)/t14-/m1/s1. The van der Waals surface area contributed by atoms with Gasteiger partial charge in [-0.2, -0.15) is 4.37 Å². The Kier molecular flexibility index (Phi) is 6.38. The first kappa shape index (κ1) is 21.3. The van der Waals surface area contributed by atoms with Crippen molar-refractivity contribution in [3.05, 3.63) is 70.9 Å². The molecule has 1 heterocycles. The number of amides is 1. The Morgan fingerprint density at radius 1 is 1.30 bits per heavy atom. The van der Waals surface area contributed by atoms with Crippen molar-refractivity contribution in [1.82, 2.24) is 4.37 Å². The topological polar surface area (TPSA) is 114 Å². The molecule has 0 aliphatic heterocycles. The summed E-state index contributed by atoms with van der Waals surface area (Å²) in [5.41, 5.74) is 6.67. The van der Waals surface area contributed by atoms with Gasteiger partial charge in [0.1, 0.15) is 29.0 Å². The highest BCUT2D eigenvalue weighted by Gasteiger charge is 2.23. The number of anilines is 3. The largest absolute Gasteiger partial charge is 0.366 e. The van der Waals surface area contributed by atoms with Crippen LogP contribution in [0, 0.1) is 18.6 Å². The van der Waals surface area contributed by atoms with Crippen LogP contribution >= 0.6 is 11.5 Å². The molecule has 3 rings (SSSR count). The lowest BCUT2D eigenvalue weighted by molar-refractivity contribution is -0.109. The lowest BCUT2D eigenvalue weighted by Gasteiger charge is -2.26. The first-order chi connectivity index (χ1) is 14.3. The summed E-state index contributed by atoms with van der Waals surface area (Å²) in [6, 6.07) is 8.73. The number of carbonyl (C=O) groups is 2. The number of primary amides is 1. The van der Waals surface area contributed by atoms with Crippen LogP contribution in [0.1, 0.15) is 21.6 Å². The van der Waals surface area contributed by atoms with Crippen molar-refractivity contribution in [2.45, 2.75) is 19.4 Å². The Bertz CT molecular complexity index is 1090.